The van der Waals surface area contributed by atoms with Crippen LogP contribution in [0.3, 0.4) is 0 Å². The van der Waals surface area contributed by atoms with Crippen LogP contribution in [0.4, 0.5) is 0 Å². The molecule has 0 aromatic carbocycles. The number of fused-ring (bicyclic) bond motifs is 1. The lowest BCUT2D eigenvalue weighted by molar-refractivity contribution is -0.0355. The van der Waals surface area contributed by atoms with E-state index >= 15 is 0 Å². The van der Waals surface area contributed by atoms with Crippen molar-refractivity contribution in [3.63, 3.8) is 0 Å². The second-order valence-corrected chi connectivity index (χ2v) is 6.70. The molecular weight excluding hydrogens is 310 g/mol. The number of thiazole rings is 1. The standard InChI is InChI=1S/C16H19N5OS/c1-11-14(21-6-8-23-16(21)18-11)9-20-5-7-22-15(10-20)13-3-4-17-12(2)19-13/h3-4,6,8,15H,5,7,9-10H2,1-2H3. The van der Waals surface area contributed by atoms with Gasteiger partial charge in [0.2, 0.25) is 0 Å². The van der Waals surface area contributed by atoms with Gasteiger partial charge in [0.1, 0.15) is 11.9 Å². The van der Waals surface area contributed by atoms with Crippen molar-refractivity contribution in [3.8, 4) is 0 Å². The Balaban J connectivity index is 1.53. The van der Waals surface area contributed by atoms with Gasteiger partial charge < -0.3 is 4.74 Å². The molecular formula is C16H19N5OS. The lowest BCUT2D eigenvalue weighted by Crippen LogP contribution is -2.38. The predicted octanol–water partition coefficient (Wildman–Crippen LogP) is 2.38. The summed E-state index contributed by atoms with van der Waals surface area (Å²) in [6.45, 7) is 7.37. The van der Waals surface area contributed by atoms with E-state index in [9.17, 15) is 0 Å². The molecule has 1 aliphatic heterocycles. The van der Waals surface area contributed by atoms with Crippen molar-refractivity contribution >= 4 is 16.3 Å². The van der Waals surface area contributed by atoms with Gasteiger partial charge in [-0.25, -0.2) is 15.0 Å². The van der Waals surface area contributed by atoms with E-state index in [0.717, 1.165) is 48.4 Å². The molecule has 23 heavy (non-hydrogen) atoms. The molecule has 1 unspecified atom stereocenters. The first kappa shape index (κ1) is 14.7. The molecule has 120 valence electrons. The van der Waals surface area contributed by atoms with Crippen LogP contribution in [-0.4, -0.2) is 43.9 Å². The minimum Gasteiger partial charge on any atom is -0.369 e. The number of hydrogen-bond acceptors (Lipinski definition) is 6. The topological polar surface area (TPSA) is 55.6 Å². The quantitative estimate of drug-likeness (QED) is 0.738. The van der Waals surface area contributed by atoms with E-state index in [-0.39, 0.29) is 6.10 Å². The summed E-state index contributed by atoms with van der Waals surface area (Å²) in [6, 6.07) is 1.95. The minimum atomic E-state index is 0.0108. The van der Waals surface area contributed by atoms with E-state index in [4.69, 9.17) is 4.74 Å². The van der Waals surface area contributed by atoms with Gasteiger partial charge in [-0.05, 0) is 19.9 Å². The summed E-state index contributed by atoms with van der Waals surface area (Å²) in [7, 11) is 0. The fourth-order valence-corrected chi connectivity index (χ4v) is 3.80. The van der Waals surface area contributed by atoms with Gasteiger partial charge in [-0.2, -0.15) is 0 Å². The Morgan fingerprint density at radius 2 is 2.26 bits per heavy atom. The van der Waals surface area contributed by atoms with Crippen LogP contribution in [0.15, 0.2) is 23.8 Å². The smallest absolute Gasteiger partial charge is 0.194 e. The molecule has 4 heterocycles. The summed E-state index contributed by atoms with van der Waals surface area (Å²) in [4.78, 5) is 16.8. The zero-order valence-electron chi connectivity index (χ0n) is 13.3. The van der Waals surface area contributed by atoms with Crippen LogP contribution in [0.5, 0.6) is 0 Å². The van der Waals surface area contributed by atoms with Gasteiger partial charge in [-0.1, -0.05) is 0 Å². The third kappa shape index (κ3) is 2.87. The second-order valence-electron chi connectivity index (χ2n) is 5.82. The van der Waals surface area contributed by atoms with Gasteiger partial charge in [-0.15, -0.1) is 11.3 Å². The SMILES string of the molecule is Cc1nccc(C2CN(Cc3c(C)nc4sccn34)CCO2)n1. The first-order chi connectivity index (χ1) is 11.2. The zero-order chi connectivity index (χ0) is 15.8. The highest BCUT2D eigenvalue weighted by atomic mass is 32.1. The molecule has 1 aliphatic rings. The molecule has 1 atom stereocenters. The van der Waals surface area contributed by atoms with Crippen LogP contribution >= 0.6 is 11.3 Å². The molecule has 0 spiro atoms. The molecule has 0 bridgehead atoms. The fourth-order valence-electron chi connectivity index (χ4n) is 3.02. The first-order valence-corrected chi connectivity index (χ1v) is 8.63. The Bertz CT molecular complexity index is 827. The fraction of sp³-hybridized carbons (Fsp3) is 0.438. The van der Waals surface area contributed by atoms with E-state index in [0.29, 0.717) is 0 Å². The van der Waals surface area contributed by atoms with Gasteiger partial charge in [0.15, 0.2) is 4.96 Å². The number of rotatable bonds is 3. The number of ether oxygens (including phenoxy) is 1. The van der Waals surface area contributed by atoms with Crippen molar-refractivity contribution in [1.82, 2.24) is 24.3 Å². The van der Waals surface area contributed by atoms with Crippen LogP contribution in [-0.2, 0) is 11.3 Å². The average molecular weight is 329 g/mol. The van der Waals surface area contributed by atoms with Crippen molar-refractivity contribution in [2.24, 2.45) is 0 Å². The maximum Gasteiger partial charge on any atom is 0.194 e. The van der Waals surface area contributed by atoms with E-state index in [1.54, 1.807) is 17.5 Å². The molecule has 0 radical (unpaired) electrons. The minimum absolute atomic E-state index is 0.0108. The summed E-state index contributed by atoms with van der Waals surface area (Å²) in [5, 5.41) is 2.08. The third-order valence-electron chi connectivity index (χ3n) is 4.21. The Morgan fingerprint density at radius 3 is 3.13 bits per heavy atom. The average Bonchev–Trinajstić information content (AvgIpc) is 3.11. The number of nitrogens with zero attached hydrogens (tertiary/aromatic N) is 5. The molecule has 4 rings (SSSR count). The number of hydrogen-bond donors (Lipinski definition) is 0. The zero-order valence-corrected chi connectivity index (χ0v) is 14.1. The number of aryl methyl sites for hydroxylation is 2. The molecule has 0 amide bonds. The van der Waals surface area contributed by atoms with Crippen LogP contribution in [0.2, 0.25) is 0 Å². The van der Waals surface area contributed by atoms with Crippen molar-refractivity contribution in [2.75, 3.05) is 19.7 Å². The van der Waals surface area contributed by atoms with Crippen molar-refractivity contribution in [1.29, 1.82) is 0 Å². The third-order valence-corrected chi connectivity index (χ3v) is 4.97. The van der Waals surface area contributed by atoms with Crippen LogP contribution in [0, 0.1) is 13.8 Å². The van der Waals surface area contributed by atoms with Crippen LogP contribution < -0.4 is 0 Å². The van der Waals surface area contributed by atoms with Crippen LogP contribution in [0.25, 0.3) is 4.96 Å². The largest absolute Gasteiger partial charge is 0.369 e. The Kier molecular flexibility index (Phi) is 3.84. The molecule has 3 aromatic rings. The Labute approximate surface area is 138 Å². The van der Waals surface area contributed by atoms with Crippen molar-refractivity contribution < 1.29 is 4.74 Å². The number of aromatic nitrogens is 4. The first-order valence-electron chi connectivity index (χ1n) is 7.75. The van der Waals surface area contributed by atoms with Gasteiger partial charge in [0.05, 0.1) is 23.7 Å². The van der Waals surface area contributed by atoms with Crippen LogP contribution in [0.1, 0.15) is 29.0 Å². The highest BCUT2D eigenvalue weighted by Gasteiger charge is 2.24. The molecule has 1 fully saturated rings. The van der Waals surface area contributed by atoms with Crippen molar-refractivity contribution in [2.45, 2.75) is 26.5 Å². The summed E-state index contributed by atoms with van der Waals surface area (Å²) in [6.07, 6.45) is 3.91. The normalized spacial score (nSPS) is 19.5. The van der Waals surface area contributed by atoms with Gasteiger partial charge >= 0.3 is 0 Å². The van der Waals surface area contributed by atoms with Gasteiger partial charge in [0.25, 0.3) is 0 Å². The molecule has 1 saturated heterocycles. The Hall–Kier alpha value is -1.83. The van der Waals surface area contributed by atoms with E-state index in [1.165, 1.54) is 5.69 Å². The molecule has 0 saturated carbocycles. The maximum atomic E-state index is 5.92. The van der Waals surface area contributed by atoms with Gasteiger partial charge in [0, 0.05) is 37.4 Å². The maximum absolute atomic E-state index is 5.92. The summed E-state index contributed by atoms with van der Waals surface area (Å²) in [5.74, 6) is 0.787. The second kappa shape index (κ2) is 5.99. The van der Waals surface area contributed by atoms with Gasteiger partial charge in [-0.3, -0.25) is 9.30 Å². The highest BCUT2D eigenvalue weighted by Crippen LogP contribution is 2.24. The molecule has 0 aliphatic carbocycles. The number of morpholine rings is 1. The molecule has 3 aromatic heterocycles. The lowest BCUT2D eigenvalue weighted by Gasteiger charge is -2.32. The highest BCUT2D eigenvalue weighted by molar-refractivity contribution is 7.15. The molecule has 0 N–H and O–H groups in total. The lowest BCUT2D eigenvalue weighted by atomic mass is 10.2. The van der Waals surface area contributed by atoms with E-state index in [1.807, 2.05) is 13.0 Å². The summed E-state index contributed by atoms with van der Waals surface area (Å²) in [5.41, 5.74) is 3.34. The summed E-state index contributed by atoms with van der Waals surface area (Å²) >= 11 is 1.68. The number of imidazole rings is 1. The monoisotopic (exact) mass is 329 g/mol. The van der Waals surface area contributed by atoms with E-state index in [2.05, 4.69) is 42.8 Å². The predicted molar refractivity (Wildman–Crippen MR) is 88.5 cm³/mol. The Morgan fingerprint density at radius 1 is 1.35 bits per heavy atom. The molecule has 7 heteroatoms. The molecule has 6 nitrogen and oxygen atoms in total. The van der Waals surface area contributed by atoms with E-state index < -0.39 is 0 Å². The summed E-state index contributed by atoms with van der Waals surface area (Å²) < 4.78 is 8.11. The van der Waals surface area contributed by atoms with Crippen molar-refractivity contribution in [3.05, 3.63) is 46.7 Å².